The fraction of sp³-hybridized carbons (Fsp3) is 0.864. The molecule has 0 aliphatic heterocycles. The first-order chi connectivity index (χ1) is 13.1. The highest BCUT2D eigenvalue weighted by Gasteiger charge is 2.26. The van der Waals surface area contributed by atoms with Crippen molar-refractivity contribution in [3.05, 3.63) is 12.2 Å². The van der Waals surface area contributed by atoms with Gasteiger partial charge in [0.2, 0.25) is 5.91 Å². The lowest BCUT2D eigenvalue weighted by Crippen LogP contribution is -2.33. The molecule has 0 rings (SSSR count). The molecule has 0 spiro atoms. The first-order valence-corrected chi connectivity index (χ1v) is 10.8. The lowest BCUT2D eigenvalue weighted by molar-refractivity contribution is -0.120. The molecule has 0 saturated heterocycles. The monoisotopic (exact) mass is 385 g/mol. The summed E-state index contributed by atoms with van der Waals surface area (Å²) in [4.78, 5) is 11.1. The Bertz CT molecular complexity index is 359. The average Bonchev–Trinajstić information content (AvgIpc) is 2.70. The molecule has 0 radical (unpaired) electrons. The smallest absolute Gasteiger partial charge is 0.219 e. The SMILES string of the molecule is CNC(=O)CCCCCCCC=CCCCCCCCC(CO)(CO)CO. The number of aliphatic hydroxyl groups is 3. The average molecular weight is 386 g/mol. The van der Waals surface area contributed by atoms with E-state index in [0.717, 1.165) is 38.5 Å². The van der Waals surface area contributed by atoms with E-state index in [9.17, 15) is 20.1 Å². The molecule has 0 aliphatic carbocycles. The van der Waals surface area contributed by atoms with Crippen LogP contribution in [-0.4, -0.2) is 48.1 Å². The third-order valence-corrected chi connectivity index (χ3v) is 5.30. The third kappa shape index (κ3) is 14.8. The van der Waals surface area contributed by atoms with Crippen LogP contribution in [-0.2, 0) is 4.79 Å². The molecule has 0 bridgehead atoms. The third-order valence-electron chi connectivity index (χ3n) is 5.30. The van der Waals surface area contributed by atoms with Gasteiger partial charge in [0.1, 0.15) is 0 Å². The van der Waals surface area contributed by atoms with Crippen molar-refractivity contribution < 1.29 is 20.1 Å². The summed E-state index contributed by atoms with van der Waals surface area (Å²) in [7, 11) is 1.69. The zero-order valence-electron chi connectivity index (χ0n) is 17.4. The van der Waals surface area contributed by atoms with E-state index < -0.39 is 5.41 Å². The van der Waals surface area contributed by atoms with Gasteiger partial charge < -0.3 is 20.6 Å². The second-order valence-corrected chi connectivity index (χ2v) is 7.73. The van der Waals surface area contributed by atoms with Gasteiger partial charge in [-0.15, -0.1) is 0 Å². The van der Waals surface area contributed by atoms with Crippen LogP contribution in [0.1, 0.15) is 89.9 Å². The highest BCUT2D eigenvalue weighted by atomic mass is 16.3. The largest absolute Gasteiger partial charge is 0.396 e. The molecule has 0 aromatic rings. The van der Waals surface area contributed by atoms with Crippen molar-refractivity contribution in [3.8, 4) is 0 Å². The summed E-state index contributed by atoms with van der Waals surface area (Å²) < 4.78 is 0. The summed E-state index contributed by atoms with van der Waals surface area (Å²) >= 11 is 0. The number of rotatable bonds is 19. The second-order valence-electron chi connectivity index (χ2n) is 7.73. The number of carbonyl (C=O) groups is 1. The first kappa shape index (κ1) is 26.1. The fourth-order valence-corrected chi connectivity index (χ4v) is 3.12. The summed E-state index contributed by atoms with van der Waals surface area (Å²) in [5, 5.41) is 30.5. The fourth-order valence-electron chi connectivity index (χ4n) is 3.12. The zero-order chi connectivity index (χ0) is 20.2. The van der Waals surface area contributed by atoms with Gasteiger partial charge in [0.15, 0.2) is 0 Å². The number of hydrogen-bond acceptors (Lipinski definition) is 4. The van der Waals surface area contributed by atoms with Crippen LogP contribution in [0.25, 0.3) is 0 Å². The molecular weight excluding hydrogens is 342 g/mol. The summed E-state index contributed by atoms with van der Waals surface area (Å²) in [5.41, 5.74) is -0.702. The predicted molar refractivity (Wildman–Crippen MR) is 112 cm³/mol. The number of amides is 1. The van der Waals surface area contributed by atoms with Crippen molar-refractivity contribution in [1.82, 2.24) is 5.32 Å². The van der Waals surface area contributed by atoms with E-state index in [2.05, 4.69) is 17.5 Å². The standard InChI is InChI=1S/C22H43NO4/c1-23-21(27)16-14-12-10-8-6-4-2-3-5-7-9-11-13-15-17-22(18-24,19-25)20-26/h2-3,24-26H,4-20H2,1H3,(H,23,27). The first-order valence-electron chi connectivity index (χ1n) is 10.8. The number of hydrogen-bond donors (Lipinski definition) is 4. The maximum Gasteiger partial charge on any atom is 0.219 e. The number of allylic oxidation sites excluding steroid dienone is 2. The molecular formula is C22H43NO4. The number of nitrogens with one attached hydrogen (secondary N) is 1. The van der Waals surface area contributed by atoms with E-state index in [1.807, 2.05) is 0 Å². The van der Waals surface area contributed by atoms with Crippen LogP contribution in [0.2, 0.25) is 0 Å². The lowest BCUT2D eigenvalue weighted by atomic mass is 9.85. The van der Waals surface area contributed by atoms with E-state index in [-0.39, 0.29) is 25.7 Å². The Morgan fingerprint density at radius 1 is 0.741 bits per heavy atom. The summed E-state index contributed by atoms with van der Waals surface area (Å²) in [6.45, 7) is -0.456. The van der Waals surface area contributed by atoms with E-state index in [1.165, 1.54) is 38.5 Å². The maximum absolute atomic E-state index is 11.1. The minimum absolute atomic E-state index is 0.145. The zero-order valence-corrected chi connectivity index (χ0v) is 17.4. The van der Waals surface area contributed by atoms with Gasteiger partial charge in [-0.2, -0.15) is 0 Å². The molecule has 0 aromatic heterocycles. The van der Waals surface area contributed by atoms with Crippen molar-refractivity contribution >= 4 is 5.91 Å². The molecule has 0 unspecified atom stereocenters. The van der Waals surface area contributed by atoms with Gasteiger partial charge in [-0.3, -0.25) is 4.79 Å². The van der Waals surface area contributed by atoms with E-state index in [0.29, 0.717) is 12.8 Å². The van der Waals surface area contributed by atoms with Crippen molar-refractivity contribution in [2.75, 3.05) is 26.9 Å². The van der Waals surface area contributed by atoms with E-state index >= 15 is 0 Å². The van der Waals surface area contributed by atoms with Gasteiger partial charge in [-0.25, -0.2) is 0 Å². The molecule has 5 nitrogen and oxygen atoms in total. The normalized spacial score (nSPS) is 12.0. The van der Waals surface area contributed by atoms with Gasteiger partial charge in [0.25, 0.3) is 0 Å². The summed E-state index contributed by atoms with van der Waals surface area (Å²) in [5.74, 6) is 0.145. The Kier molecular flexibility index (Phi) is 17.8. The molecule has 0 aliphatic rings. The Balaban J connectivity index is 3.35. The van der Waals surface area contributed by atoms with Crippen molar-refractivity contribution in [3.63, 3.8) is 0 Å². The van der Waals surface area contributed by atoms with Crippen LogP contribution in [0, 0.1) is 5.41 Å². The molecule has 0 aromatic carbocycles. The highest BCUT2D eigenvalue weighted by molar-refractivity contribution is 5.75. The van der Waals surface area contributed by atoms with Crippen molar-refractivity contribution in [1.29, 1.82) is 0 Å². The van der Waals surface area contributed by atoms with Crippen LogP contribution in [0.5, 0.6) is 0 Å². The minimum atomic E-state index is -0.702. The Labute approximate surface area is 166 Å². The van der Waals surface area contributed by atoms with Crippen LogP contribution in [0.3, 0.4) is 0 Å². The lowest BCUT2D eigenvalue weighted by Gasteiger charge is -2.27. The predicted octanol–water partition coefficient (Wildman–Crippen LogP) is 3.71. The number of aliphatic hydroxyl groups excluding tert-OH is 3. The second kappa shape index (κ2) is 18.5. The van der Waals surface area contributed by atoms with Gasteiger partial charge in [-0.05, 0) is 38.5 Å². The summed E-state index contributed by atoms with van der Waals surface area (Å²) in [6.07, 6.45) is 19.7. The van der Waals surface area contributed by atoms with Crippen LogP contribution < -0.4 is 5.32 Å². The Hall–Kier alpha value is -0.910. The Morgan fingerprint density at radius 2 is 1.19 bits per heavy atom. The van der Waals surface area contributed by atoms with E-state index in [4.69, 9.17) is 0 Å². The molecule has 5 heteroatoms. The van der Waals surface area contributed by atoms with Gasteiger partial charge in [0, 0.05) is 18.9 Å². The van der Waals surface area contributed by atoms with Crippen LogP contribution >= 0.6 is 0 Å². The molecule has 4 N–H and O–H groups in total. The molecule has 27 heavy (non-hydrogen) atoms. The Morgan fingerprint density at radius 3 is 1.67 bits per heavy atom. The summed E-state index contributed by atoms with van der Waals surface area (Å²) in [6, 6.07) is 0. The molecule has 0 saturated carbocycles. The minimum Gasteiger partial charge on any atom is -0.396 e. The van der Waals surface area contributed by atoms with Crippen LogP contribution in [0.15, 0.2) is 12.2 Å². The van der Waals surface area contributed by atoms with Gasteiger partial charge >= 0.3 is 0 Å². The van der Waals surface area contributed by atoms with Crippen LogP contribution in [0.4, 0.5) is 0 Å². The topological polar surface area (TPSA) is 89.8 Å². The maximum atomic E-state index is 11.1. The van der Waals surface area contributed by atoms with Crippen molar-refractivity contribution in [2.24, 2.45) is 5.41 Å². The molecule has 0 atom stereocenters. The quantitative estimate of drug-likeness (QED) is 0.201. The van der Waals surface area contributed by atoms with Crippen molar-refractivity contribution in [2.45, 2.75) is 89.9 Å². The molecule has 1 amide bonds. The van der Waals surface area contributed by atoms with Gasteiger partial charge in [-0.1, -0.05) is 57.1 Å². The molecule has 160 valence electrons. The molecule has 0 fully saturated rings. The number of carbonyl (C=O) groups excluding carboxylic acids is 1. The number of unbranched alkanes of at least 4 members (excludes halogenated alkanes) is 10. The van der Waals surface area contributed by atoms with E-state index in [1.54, 1.807) is 7.05 Å². The molecule has 0 heterocycles. The van der Waals surface area contributed by atoms with Gasteiger partial charge in [0.05, 0.1) is 19.8 Å². The highest BCUT2D eigenvalue weighted by Crippen LogP contribution is 2.23.